The fourth-order valence-corrected chi connectivity index (χ4v) is 4.41. The average Bonchev–Trinajstić information content (AvgIpc) is 3.04. The first-order valence-corrected chi connectivity index (χ1v) is 8.60. The lowest BCUT2D eigenvalue weighted by molar-refractivity contribution is 0.0822. The number of methoxy groups -OCH3 is 1. The Labute approximate surface area is 130 Å². The van der Waals surface area contributed by atoms with Crippen molar-refractivity contribution in [1.29, 1.82) is 0 Å². The number of sulfonamides is 1. The Kier molecular flexibility index (Phi) is 4.76. The Hall–Kier alpha value is -1.61. The van der Waals surface area contributed by atoms with Crippen LogP contribution in [0.1, 0.15) is 29.8 Å². The molecule has 0 saturated heterocycles. The van der Waals surface area contributed by atoms with E-state index in [1.54, 1.807) is 21.1 Å². The molecular formula is C13H22N4O4S. The van der Waals surface area contributed by atoms with Gasteiger partial charge >= 0.3 is 0 Å². The van der Waals surface area contributed by atoms with Gasteiger partial charge in [0, 0.05) is 34.4 Å². The predicted molar refractivity (Wildman–Crippen MR) is 82.2 cm³/mol. The number of anilines is 1. The third kappa shape index (κ3) is 3.25. The van der Waals surface area contributed by atoms with Crippen molar-refractivity contribution in [3.05, 3.63) is 11.9 Å². The first-order valence-electron chi connectivity index (χ1n) is 7.06. The number of nitrogens with one attached hydrogen (secondary N) is 1. The molecular weight excluding hydrogens is 308 g/mol. The van der Waals surface area contributed by atoms with Crippen molar-refractivity contribution < 1.29 is 17.9 Å². The van der Waals surface area contributed by atoms with Crippen LogP contribution in [0.4, 0.5) is 5.69 Å². The number of carbonyl (C=O) groups is 1. The monoisotopic (exact) mass is 330 g/mol. The topological polar surface area (TPSA) is 93.5 Å². The predicted octanol–water partition coefficient (Wildman–Crippen LogP) is 0.431. The molecule has 1 aromatic heterocycles. The number of rotatable bonds is 5. The summed E-state index contributed by atoms with van der Waals surface area (Å²) in [7, 11) is 2.69. The van der Waals surface area contributed by atoms with Crippen LogP contribution in [0.25, 0.3) is 0 Å². The second-order valence-electron chi connectivity index (χ2n) is 5.66. The number of ether oxygens (including phenoxy) is 1. The average molecular weight is 330 g/mol. The molecule has 0 radical (unpaired) electrons. The summed E-state index contributed by atoms with van der Waals surface area (Å²) in [6.07, 6.45) is 3.25. The second-order valence-corrected chi connectivity index (χ2v) is 7.55. The van der Waals surface area contributed by atoms with Crippen LogP contribution < -0.4 is 4.72 Å². The third-order valence-corrected chi connectivity index (χ3v) is 5.62. The van der Waals surface area contributed by atoms with Crippen molar-refractivity contribution in [2.75, 3.05) is 25.9 Å². The molecule has 1 saturated carbocycles. The van der Waals surface area contributed by atoms with Gasteiger partial charge in [-0.25, -0.2) is 8.42 Å². The van der Waals surface area contributed by atoms with Gasteiger partial charge in [-0.1, -0.05) is 0 Å². The smallest absolute Gasteiger partial charge is 0.276 e. The van der Waals surface area contributed by atoms with Gasteiger partial charge in [-0.15, -0.1) is 0 Å². The third-order valence-electron chi connectivity index (χ3n) is 3.78. The van der Waals surface area contributed by atoms with E-state index in [1.165, 1.54) is 22.9 Å². The molecule has 1 aromatic rings. The Morgan fingerprint density at radius 2 is 2.14 bits per heavy atom. The normalized spacial score (nSPS) is 21.8. The van der Waals surface area contributed by atoms with Gasteiger partial charge < -0.3 is 9.64 Å². The zero-order valence-corrected chi connectivity index (χ0v) is 14.1. The van der Waals surface area contributed by atoms with Gasteiger partial charge in [0.1, 0.15) is 5.25 Å². The molecule has 1 aliphatic rings. The number of nitrogens with zero attached hydrogens (tertiary/aromatic N) is 3. The van der Waals surface area contributed by atoms with Crippen molar-refractivity contribution in [2.24, 2.45) is 7.05 Å². The summed E-state index contributed by atoms with van der Waals surface area (Å²) in [4.78, 5) is 13.5. The van der Waals surface area contributed by atoms with Crippen molar-refractivity contribution in [1.82, 2.24) is 14.7 Å². The lowest BCUT2D eigenvalue weighted by Crippen LogP contribution is -2.35. The van der Waals surface area contributed by atoms with Crippen molar-refractivity contribution in [2.45, 2.75) is 30.6 Å². The summed E-state index contributed by atoms with van der Waals surface area (Å²) >= 11 is 0. The van der Waals surface area contributed by atoms with Crippen LogP contribution in [0, 0.1) is 0 Å². The summed E-state index contributed by atoms with van der Waals surface area (Å²) in [5.41, 5.74) is 0.283. The molecule has 2 atom stereocenters. The number of hydrogen-bond donors (Lipinski definition) is 1. The van der Waals surface area contributed by atoms with Crippen molar-refractivity contribution in [3.8, 4) is 0 Å². The van der Waals surface area contributed by atoms with Crippen LogP contribution >= 0.6 is 0 Å². The Bertz CT molecular complexity index is 653. The van der Waals surface area contributed by atoms with Gasteiger partial charge in [0.05, 0.1) is 11.8 Å². The fraction of sp³-hybridized carbons (Fsp3) is 0.692. The van der Waals surface area contributed by atoms with Crippen LogP contribution in [0.3, 0.4) is 0 Å². The molecule has 1 amide bonds. The van der Waals surface area contributed by atoms with Crippen LogP contribution in [0.15, 0.2) is 6.20 Å². The molecule has 2 unspecified atom stereocenters. The zero-order valence-electron chi connectivity index (χ0n) is 13.2. The number of aromatic nitrogens is 2. The van der Waals surface area contributed by atoms with E-state index in [9.17, 15) is 13.2 Å². The standard InChI is InChI=1S/C13H22N4O4S/c1-16(2)13(18)12-9(8-17(3)14-12)15-22(19,20)11-7-5-6-10(11)21-4/h8,10-11,15H,5-7H2,1-4H3. The maximum Gasteiger partial charge on any atom is 0.276 e. The number of amides is 1. The van der Waals surface area contributed by atoms with E-state index in [0.717, 1.165) is 12.8 Å². The molecule has 0 spiro atoms. The number of carbonyl (C=O) groups excluding carboxylic acids is 1. The van der Waals surface area contributed by atoms with E-state index in [4.69, 9.17) is 4.74 Å². The van der Waals surface area contributed by atoms with Crippen LogP contribution in [-0.2, 0) is 21.8 Å². The summed E-state index contributed by atoms with van der Waals surface area (Å²) in [5, 5.41) is 3.44. The molecule has 1 fully saturated rings. The maximum absolute atomic E-state index is 12.6. The molecule has 1 aliphatic carbocycles. The van der Waals surface area contributed by atoms with Crippen LogP contribution in [-0.4, -0.2) is 61.6 Å². The highest BCUT2D eigenvalue weighted by atomic mass is 32.2. The van der Waals surface area contributed by atoms with E-state index in [-0.39, 0.29) is 23.4 Å². The molecule has 124 valence electrons. The molecule has 22 heavy (non-hydrogen) atoms. The highest BCUT2D eigenvalue weighted by Crippen LogP contribution is 2.29. The Balaban J connectivity index is 2.28. The summed E-state index contributed by atoms with van der Waals surface area (Å²) in [6.45, 7) is 0. The zero-order chi connectivity index (χ0) is 16.5. The minimum Gasteiger partial charge on any atom is -0.380 e. The first kappa shape index (κ1) is 16.8. The Morgan fingerprint density at radius 3 is 2.73 bits per heavy atom. The SMILES string of the molecule is COC1CCCC1S(=O)(=O)Nc1cn(C)nc1C(=O)N(C)C. The van der Waals surface area contributed by atoms with E-state index in [2.05, 4.69) is 9.82 Å². The van der Waals surface area contributed by atoms with E-state index in [1.807, 2.05) is 0 Å². The molecule has 1 heterocycles. The van der Waals surface area contributed by atoms with Gasteiger partial charge in [-0.05, 0) is 19.3 Å². The lowest BCUT2D eigenvalue weighted by atomic mass is 10.3. The summed E-state index contributed by atoms with van der Waals surface area (Å²) < 4.78 is 34.3. The molecule has 2 rings (SSSR count). The lowest BCUT2D eigenvalue weighted by Gasteiger charge is -2.19. The molecule has 0 aromatic carbocycles. The summed E-state index contributed by atoms with van der Waals surface area (Å²) in [6, 6.07) is 0. The van der Waals surface area contributed by atoms with Gasteiger partial charge in [0.2, 0.25) is 10.0 Å². The first-order chi connectivity index (χ1) is 10.3. The van der Waals surface area contributed by atoms with Crippen LogP contribution in [0.2, 0.25) is 0 Å². The molecule has 0 bridgehead atoms. The van der Waals surface area contributed by atoms with E-state index in [0.29, 0.717) is 6.42 Å². The molecule has 8 nitrogen and oxygen atoms in total. The largest absolute Gasteiger partial charge is 0.380 e. The minimum absolute atomic E-state index is 0.0861. The van der Waals surface area contributed by atoms with Gasteiger partial charge in [0.25, 0.3) is 5.91 Å². The fourth-order valence-electron chi connectivity index (χ4n) is 2.68. The molecule has 1 N–H and O–H groups in total. The van der Waals surface area contributed by atoms with Gasteiger partial charge in [0.15, 0.2) is 5.69 Å². The van der Waals surface area contributed by atoms with Crippen molar-refractivity contribution >= 4 is 21.6 Å². The minimum atomic E-state index is -3.64. The Morgan fingerprint density at radius 1 is 1.45 bits per heavy atom. The van der Waals surface area contributed by atoms with Gasteiger partial charge in [-0.3, -0.25) is 14.2 Å². The van der Waals surface area contributed by atoms with E-state index < -0.39 is 15.3 Å². The maximum atomic E-state index is 12.6. The quantitative estimate of drug-likeness (QED) is 0.845. The van der Waals surface area contributed by atoms with Crippen LogP contribution in [0.5, 0.6) is 0 Å². The molecule has 0 aliphatic heterocycles. The van der Waals surface area contributed by atoms with E-state index >= 15 is 0 Å². The summed E-state index contributed by atoms with van der Waals surface area (Å²) in [5.74, 6) is -0.354. The van der Waals surface area contributed by atoms with Crippen molar-refractivity contribution in [3.63, 3.8) is 0 Å². The highest BCUT2D eigenvalue weighted by Gasteiger charge is 2.38. The number of aryl methyl sites for hydroxylation is 1. The second kappa shape index (κ2) is 6.25. The number of hydrogen-bond acceptors (Lipinski definition) is 5. The highest BCUT2D eigenvalue weighted by molar-refractivity contribution is 7.93. The van der Waals surface area contributed by atoms with Gasteiger partial charge in [-0.2, -0.15) is 5.10 Å². The molecule has 9 heteroatoms.